The summed E-state index contributed by atoms with van der Waals surface area (Å²) in [7, 11) is 0. The second-order valence-corrected chi connectivity index (χ2v) is 7.04. The Hall–Kier alpha value is -2.74. The molecule has 0 atom stereocenters. The van der Waals surface area contributed by atoms with Gasteiger partial charge in [-0.2, -0.15) is 0 Å². The number of rotatable bonds is 5. The molecular weight excluding hydrogens is 409 g/mol. The molecule has 136 valence electrons. The zero-order valence-electron chi connectivity index (χ0n) is 13.6. The number of carbonyl (C=O) groups is 1. The number of benzene rings is 2. The fourth-order valence-electron chi connectivity index (χ4n) is 2.19. The van der Waals surface area contributed by atoms with Gasteiger partial charge in [0.1, 0.15) is 0 Å². The van der Waals surface area contributed by atoms with Crippen LogP contribution < -0.4 is 5.32 Å². The number of non-ortho nitro benzene ring substituents is 1. The smallest absolute Gasteiger partial charge is 0.270 e. The third kappa shape index (κ3) is 4.91. The molecule has 1 N–H and O–H groups in total. The molecule has 1 heterocycles. The number of halogens is 2. The van der Waals surface area contributed by atoms with E-state index in [2.05, 4.69) is 10.3 Å². The maximum Gasteiger partial charge on any atom is 0.270 e. The molecule has 1 amide bonds. The first kappa shape index (κ1) is 19.0. The number of nitro groups is 1. The predicted molar refractivity (Wildman–Crippen MR) is 108 cm³/mol. The maximum absolute atomic E-state index is 12.1. The van der Waals surface area contributed by atoms with Crippen LogP contribution >= 0.6 is 34.5 Å². The Kier molecular flexibility index (Phi) is 5.85. The van der Waals surface area contributed by atoms with Crippen molar-refractivity contribution in [1.29, 1.82) is 0 Å². The van der Waals surface area contributed by atoms with Gasteiger partial charge in [0.15, 0.2) is 5.13 Å². The molecule has 9 heteroatoms. The molecule has 0 aliphatic heterocycles. The molecule has 1 aromatic heterocycles. The number of amides is 1. The summed E-state index contributed by atoms with van der Waals surface area (Å²) < 4.78 is 0. The van der Waals surface area contributed by atoms with Crippen LogP contribution in [0.1, 0.15) is 5.56 Å². The summed E-state index contributed by atoms with van der Waals surface area (Å²) in [5.74, 6) is -0.374. The van der Waals surface area contributed by atoms with Gasteiger partial charge in [-0.05, 0) is 23.8 Å². The van der Waals surface area contributed by atoms with E-state index in [1.165, 1.54) is 29.5 Å². The van der Waals surface area contributed by atoms with Crippen molar-refractivity contribution in [3.05, 3.63) is 79.6 Å². The lowest BCUT2D eigenvalue weighted by atomic mass is 10.1. The van der Waals surface area contributed by atoms with Gasteiger partial charge in [0.2, 0.25) is 5.91 Å². The predicted octanol–water partition coefficient (Wildman–Crippen LogP) is 5.68. The number of anilines is 1. The summed E-state index contributed by atoms with van der Waals surface area (Å²) in [6, 6.07) is 11.1. The van der Waals surface area contributed by atoms with E-state index in [0.717, 1.165) is 0 Å². The summed E-state index contributed by atoms with van der Waals surface area (Å²) in [6.07, 6.45) is 2.91. The molecule has 0 saturated heterocycles. The van der Waals surface area contributed by atoms with Crippen LogP contribution in [0.2, 0.25) is 10.0 Å². The van der Waals surface area contributed by atoms with Gasteiger partial charge in [0.05, 0.1) is 10.6 Å². The Labute approximate surface area is 168 Å². The standard InChI is InChI=1S/C18H11Cl2N3O3S/c19-13-6-4-11(15(20)9-13)5-7-17(24)22-18-21-16(10-27-18)12-2-1-3-14(8-12)23(25)26/h1-10H,(H,21,22,24). The van der Waals surface area contributed by atoms with Gasteiger partial charge in [-0.3, -0.25) is 20.2 Å². The SMILES string of the molecule is O=C(C=Cc1ccc(Cl)cc1Cl)Nc1nc(-c2cccc([N+](=O)[O-])c2)cs1. The highest BCUT2D eigenvalue weighted by Crippen LogP contribution is 2.27. The Bertz CT molecular complexity index is 1050. The molecule has 0 aliphatic carbocycles. The summed E-state index contributed by atoms with van der Waals surface area (Å²) in [5, 5.41) is 16.6. The van der Waals surface area contributed by atoms with Crippen LogP contribution in [0.3, 0.4) is 0 Å². The first-order valence-electron chi connectivity index (χ1n) is 7.57. The van der Waals surface area contributed by atoms with Gasteiger partial charge in [0, 0.05) is 39.2 Å². The van der Waals surface area contributed by atoms with E-state index in [9.17, 15) is 14.9 Å². The molecule has 2 aromatic carbocycles. The Morgan fingerprint density at radius 1 is 1.22 bits per heavy atom. The topological polar surface area (TPSA) is 85.1 Å². The van der Waals surface area contributed by atoms with Crippen molar-refractivity contribution < 1.29 is 9.72 Å². The molecule has 6 nitrogen and oxygen atoms in total. The van der Waals surface area contributed by atoms with Gasteiger partial charge >= 0.3 is 0 Å². The van der Waals surface area contributed by atoms with Crippen LogP contribution in [0, 0.1) is 10.1 Å². The minimum absolute atomic E-state index is 0.0196. The number of hydrogen-bond acceptors (Lipinski definition) is 5. The minimum Gasteiger partial charge on any atom is -0.298 e. The van der Waals surface area contributed by atoms with Crippen LogP contribution in [-0.4, -0.2) is 15.8 Å². The average molecular weight is 420 g/mol. The number of nitrogens with one attached hydrogen (secondary N) is 1. The quantitative estimate of drug-likeness (QED) is 0.327. The molecule has 0 saturated carbocycles. The van der Waals surface area contributed by atoms with Crippen molar-refractivity contribution in [2.45, 2.75) is 0 Å². The lowest BCUT2D eigenvalue weighted by Crippen LogP contribution is -2.07. The van der Waals surface area contributed by atoms with Gasteiger partial charge in [-0.25, -0.2) is 4.98 Å². The van der Waals surface area contributed by atoms with Gasteiger partial charge in [-0.1, -0.05) is 41.4 Å². The molecule has 3 rings (SSSR count). The summed E-state index contributed by atoms with van der Waals surface area (Å²) in [4.78, 5) is 26.8. The monoisotopic (exact) mass is 419 g/mol. The molecule has 0 unspecified atom stereocenters. The van der Waals surface area contributed by atoms with E-state index in [1.807, 2.05) is 0 Å². The van der Waals surface area contributed by atoms with Crippen molar-refractivity contribution in [3.63, 3.8) is 0 Å². The third-order valence-corrected chi connectivity index (χ3v) is 4.78. The summed E-state index contributed by atoms with van der Waals surface area (Å²) in [6.45, 7) is 0. The Balaban J connectivity index is 1.70. The van der Waals surface area contributed by atoms with E-state index in [0.29, 0.717) is 32.0 Å². The Morgan fingerprint density at radius 3 is 2.78 bits per heavy atom. The molecule has 0 aliphatic rings. The molecule has 0 bridgehead atoms. The second-order valence-electron chi connectivity index (χ2n) is 5.33. The maximum atomic E-state index is 12.1. The molecule has 0 spiro atoms. The first-order chi connectivity index (χ1) is 12.9. The van der Waals surface area contributed by atoms with Crippen LogP contribution in [0.25, 0.3) is 17.3 Å². The molecule has 27 heavy (non-hydrogen) atoms. The minimum atomic E-state index is -0.467. The van der Waals surface area contributed by atoms with E-state index in [1.54, 1.807) is 41.8 Å². The number of nitrogens with zero attached hydrogens (tertiary/aromatic N) is 2. The van der Waals surface area contributed by atoms with Crippen molar-refractivity contribution in [2.24, 2.45) is 0 Å². The molecule has 3 aromatic rings. The van der Waals surface area contributed by atoms with E-state index >= 15 is 0 Å². The molecular formula is C18H11Cl2N3O3S. The third-order valence-electron chi connectivity index (χ3n) is 3.46. The Morgan fingerprint density at radius 2 is 2.04 bits per heavy atom. The first-order valence-corrected chi connectivity index (χ1v) is 9.20. The number of aromatic nitrogens is 1. The van der Waals surface area contributed by atoms with Crippen molar-refractivity contribution in [2.75, 3.05) is 5.32 Å². The van der Waals surface area contributed by atoms with Crippen LogP contribution in [0.15, 0.2) is 53.9 Å². The van der Waals surface area contributed by atoms with Crippen molar-refractivity contribution >= 4 is 57.3 Å². The number of hydrogen-bond donors (Lipinski definition) is 1. The zero-order valence-corrected chi connectivity index (χ0v) is 15.9. The highest BCUT2D eigenvalue weighted by Gasteiger charge is 2.11. The van der Waals surface area contributed by atoms with E-state index in [-0.39, 0.29) is 11.6 Å². The average Bonchev–Trinajstić information content (AvgIpc) is 3.09. The van der Waals surface area contributed by atoms with Crippen LogP contribution in [-0.2, 0) is 4.79 Å². The van der Waals surface area contributed by atoms with Crippen LogP contribution in [0.5, 0.6) is 0 Å². The highest BCUT2D eigenvalue weighted by molar-refractivity contribution is 7.14. The number of thiazole rings is 1. The fourth-order valence-corrected chi connectivity index (χ4v) is 3.39. The van der Waals surface area contributed by atoms with Gasteiger partial charge in [0.25, 0.3) is 5.69 Å². The lowest BCUT2D eigenvalue weighted by Gasteiger charge is -1.99. The normalized spacial score (nSPS) is 10.9. The zero-order chi connectivity index (χ0) is 19.4. The van der Waals surface area contributed by atoms with Crippen LogP contribution in [0.4, 0.5) is 10.8 Å². The summed E-state index contributed by atoms with van der Waals surface area (Å²) in [5.41, 5.74) is 1.79. The summed E-state index contributed by atoms with van der Waals surface area (Å²) >= 11 is 13.1. The van der Waals surface area contributed by atoms with Crippen molar-refractivity contribution in [1.82, 2.24) is 4.98 Å². The van der Waals surface area contributed by atoms with Gasteiger partial charge in [-0.15, -0.1) is 11.3 Å². The molecule has 0 radical (unpaired) electrons. The largest absolute Gasteiger partial charge is 0.298 e. The number of nitro benzene ring substituents is 1. The number of carbonyl (C=O) groups excluding carboxylic acids is 1. The second kappa shape index (κ2) is 8.30. The highest BCUT2D eigenvalue weighted by atomic mass is 35.5. The van der Waals surface area contributed by atoms with Gasteiger partial charge < -0.3 is 0 Å². The van der Waals surface area contributed by atoms with Crippen molar-refractivity contribution in [3.8, 4) is 11.3 Å². The molecule has 0 fully saturated rings. The van der Waals surface area contributed by atoms with E-state index < -0.39 is 4.92 Å². The lowest BCUT2D eigenvalue weighted by molar-refractivity contribution is -0.384. The van der Waals surface area contributed by atoms with E-state index in [4.69, 9.17) is 23.2 Å². The fraction of sp³-hybridized carbons (Fsp3) is 0.